The summed E-state index contributed by atoms with van der Waals surface area (Å²) in [6.07, 6.45) is 1.15. The highest BCUT2D eigenvalue weighted by molar-refractivity contribution is 5.94. The molecule has 0 radical (unpaired) electrons. The minimum atomic E-state index is 0.0246. The first-order chi connectivity index (χ1) is 12.3. The van der Waals surface area contributed by atoms with Crippen LogP contribution in [0.15, 0.2) is 48.5 Å². The number of anilines is 2. The minimum absolute atomic E-state index is 0.0246. The molecular weight excluding hydrogens is 316 g/mol. The number of amides is 1. The quantitative estimate of drug-likeness (QED) is 0.878. The second-order valence-electron chi connectivity index (χ2n) is 6.01. The molecule has 0 bridgehead atoms. The molecule has 0 spiro atoms. The van der Waals surface area contributed by atoms with Crippen LogP contribution in [0.5, 0.6) is 5.75 Å². The van der Waals surface area contributed by atoms with Crippen LogP contribution in [0, 0.1) is 0 Å². The molecule has 1 heterocycles. The van der Waals surface area contributed by atoms with Gasteiger partial charge in [0.1, 0.15) is 5.75 Å². The number of nitrogens with zero attached hydrogens (tertiary/aromatic N) is 1. The first kappa shape index (κ1) is 17.3. The summed E-state index contributed by atoms with van der Waals surface area (Å²) in [6.45, 7) is 3.14. The molecule has 0 saturated carbocycles. The Morgan fingerprint density at radius 3 is 2.56 bits per heavy atom. The third-order valence-electron chi connectivity index (χ3n) is 4.33. The second kappa shape index (κ2) is 8.53. The van der Waals surface area contributed by atoms with Crippen molar-refractivity contribution < 1.29 is 14.3 Å². The number of carbonyl (C=O) groups is 1. The number of ether oxygens (including phenoxy) is 2. The average Bonchev–Trinajstić information content (AvgIpc) is 2.68. The van der Waals surface area contributed by atoms with Crippen LogP contribution in [0.2, 0.25) is 0 Å². The average molecular weight is 340 g/mol. The summed E-state index contributed by atoms with van der Waals surface area (Å²) in [5.74, 6) is 0.851. The van der Waals surface area contributed by atoms with E-state index in [9.17, 15) is 4.79 Å². The first-order valence-electron chi connectivity index (χ1n) is 8.61. The van der Waals surface area contributed by atoms with Crippen molar-refractivity contribution in [1.82, 2.24) is 0 Å². The number of para-hydroxylation sites is 2. The highest BCUT2D eigenvalue weighted by Crippen LogP contribution is 2.26. The van der Waals surface area contributed by atoms with E-state index >= 15 is 0 Å². The summed E-state index contributed by atoms with van der Waals surface area (Å²) >= 11 is 0. The van der Waals surface area contributed by atoms with Crippen molar-refractivity contribution in [3.8, 4) is 5.75 Å². The molecule has 1 fully saturated rings. The Morgan fingerprint density at radius 1 is 1.12 bits per heavy atom. The lowest BCUT2D eigenvalue weighted by molar-refractivity contribution is -0.116. The SMILES string of the molecule is COc1ccc(CCC(=O)Nc2ccccc2N2CCOCC2)cc1. The third kappa shape index (κ3) is 4.73. The van der Waals surface area contributed by atoms with Gasteiger partial charge in [-0.3, -0.25) is 4.79 Å². The van der Waals surface area contributed by atoms with Gasteiger partial charge in [-0.1, -0.05) is 24.3 Å². The van der Waals surface area contributed by atoms with Crippen LogP contribution in [-0.2, 0) is 16.0 Å². The minimum Gasteiger partial charge on any atom is -0.497 e. The van der Waals surface area contributed by atoms with Gasteiger partial charge in [-0.05, 0) is 36.2 Å². The summed E-state index contributed by atoms with van der Waals surface area (Å²) in [5.41, 5.74) is 3.05. The van der Waals surface area contributed by atoms with Gasteiger partial charge in [-0.25, -0.2) is 0 Å². The van der Waals surface area contributed by atoms with Crippen LogP contribution < -0.4 is 15.0 Å². The maximum absolute atomic E-state index is 12.4. The van der Waals surface area contributed by atoms with Gasteiger partial charge in [0.25, 0.3) is 0 Å². The van der Waals surface area contributed by atoms with Crippen LogP contribution in [0.1, 0.15) is 12.0 Å². The molecule has 1 amide bonds. The molecule has 25 heavy (non-hydrogen) atoms. The van der Waals surface area contributed by atoms with Crippen molar-refractivity contribution in [3.05, 3.63) is 54.1 Å². The van der Waals surface area contributed by atoms with Crippen LogP contribution in [-0.4, -0.2) is 39.3 Å². The lowest BCUT2D eigenvalue weighted by Crippen LogP contribution is -2.36. The summed E-state index contributed by atoms with van der Waals surface area (Å²) in [7, 11) is 1.65. The topological polar surface area (TPSA) is 50.8 Å². The largest absolute Gasteiger partial charge is 0.497 e. The third-order valence-corrected chi connectivity index (χ3v) is 4.33. The smallest absolute Gasteiger partial charge is 0.224 e. The van der Waals surface area contributed by atoms with E-state index in [-0.39, 0.29) is 5.91 Å². The van der Waals surface area contributed by atoms with Gasteiger partial charge in [0, 0.05) is 19.5 Å². The van der Waals surface area contributed by atoms with Crippen molar-refractivity contribution in [2.24, 2.45) is 0 Å². The fourth-order valence-corrected chi connectivity index (χ4v) is 2.92. The van der Waals surface area contributed by atoms with Gasteiger partial charge in [-0.2, -0.15) is 0 Å². The van der Waals surface area contributed by atoms with Crippen molar-refractivity contribution >= 4 is 17.3 Å². The fourth-order valence-electron chi connectivity index (χ4n) is 2.92. The van der Waals surface area contributed by atoms with Gasteiger partial charge in [0.15, 0.2) is 0 Å². The van der Waals surface area contributed by atoms with Crippen molar-refractivity contribution in [2.75, 3.05) is 43.6 Å². The maximum Gasteiger partial charge on any atom is 0.224 e. The Labute approximate surface area is 148 Å². The number of aryl methyl sites for hydroxylation is 1. The summed E-state index contributed by atoms with van der Waals surface area (Å²) in [5, 5.41) is 3.05. The molecule has 2 aromatic carbocycles. The lowest BCUT2D eigenvalue weighted by Gasteiger charge is -2.30. The predicted molar refractivity (Wildman–Crippen MR) is 99.4 cm³/mol. The molecule has 3 rings (SSSR count). The Hall–Kier alpha value is -2.53. The Morgan fingerprint density at radius 2 is 1.84 bits per heavy atom. The van der Waals surface area contributed by atoms with Crippen LogP contribution in [0.4, 0.5) is 11.4 Å². The number of morpholine rings is 1. The lowest BCUT2D eigenvalue weighted by atomic mass is 10.1. The van der Waals surface area contributed by atoms with E-state index in [1.54, 1.807) is 7.11 Å². The van der Waals surface area contributed by atoms with E-state index in [1.165, 1.54) is 0 Å². The highest BCUT2D eigenvalue weighted by Gasteiger charge is 2.15. The Bertz CT molecular complexity index is 694. The molecule has 1 saturated heterocycles. The van der Waals surface area contributed by atoms with E-state index in [1.807, 2.05) is 48.5 Å². The summed E-state index contributed by atoms with van der Waals surface area (Å²) in [6, 6.07) is 15.8. The van der Waals surface area contributed by atoms with Gasteiger partial charge >= 0.3 is 0 Å². The van der Waals surface area contributed by atoms with E-state index < -0.39 is 0 Å². The zero-order valence-corrected chi connectivity index (χ0v) is 14.5. The van der Waals surface area contributed by atoms with Crippen LogP contribution in [0.3, 0.4) is 0 Å². The highest BCUT2D eigenvalue weighted by atomic mass is 16.5. The van der Waals surface area contributed by atoms with Crippen molar-refractivity contribution in [3.63, 3.8) is 0 Å². The van der Waals surface area contributed by atoms with Crippen molar-refractivity contribution in [1.29, 1.82) is 0 Å². The number of benzene rings is 2. The van der Waals surface area contributed by atoms with E-state index in [0.717, 1.165) is 49.0 Å². The summed E-state index contributed by atoms with van der Waals surface area (Å²) < 4.78 is 10.6. The van der Waals surface area contributed by atoms with Crippen LogP contribution >= 0.6 is 0 Å². The number of nitrogens with one attached hydrogen (secondary N) is 1. The fraction of sp³-hybridized carbons (Fsp3) is 0.350. The normalized spacial score (nSPS) is 14.2. The zero-order valence-electron chi connectivity index (χ0n) is 14.5. The second-order valence-corrected chi connectivity index (χ2v) is 6.01. The van der Waals surface area contributed by atoms with Crippen molar-refractivity contribution in [2.45, 2.75) is 12.8 Å². The molecule has 132 valence electrons. The number of carbonyl (C=O) groups excluding carboxylic acids is 1. The maximum atomic E-state index is 12.4. The Balaban J connectivity index is 1.58. The number of hydrogen-bond donors (Lipinski definition) is 1. The predicted octanol–water partition coefficient (Wildman–Crippen LogP) is 3.10. The van der Waals surface area contributed by atoms with E-state index in [2.05, 4.69) is 10.2 Å². The van der Waals surface area contributed by atoms with E-state index in [4.69, 9.17) is 9.47 Å². The zero-order chi connectivity index (χ0) is 17.5. The van der Waals surface area contributed by atoms with Gasteiger partial charge in [0.2, 0.25) is 5.91 Å². The van der Waals surface area contributed by atoms with E-state index in [0.29, 0.717) is 12.8 Å². The molecule has 5 heteroatoms. The molecule has 0 aliphatic carbocycles. The standard InChI is InChI=1S/C20H24N2O3/c1-24-17-9-6-16(7-10-17)8-11-20(23)21-18-4-2-3-5-19(18)22-12-14-25-15-13-22/h2-7,9-10H,8,11-15H2,1H3,(H,21,23). The Kier molecular flexibility index (Phi) is 5.90. The van der Waals surface area contributed by atoms with Gasteiger partial charge < -0.3 is 19.7 Å². The molecular formula is C20H24N2O3. The van der Waals surface area contributed by atoms with Gasteiger partial charge in [0.05, 0.1) is 31.7 Å². The molecule has 2 aromatic rings. The van der Waals surface area contributed by atoms with Gasteiger partial charge in [-0.15, -0.1) is 0 Å². The molecule has 1 N–H and O–H groups in total. The summed E-state index contributed by atoms with van der Waals surface area (Å²) in [4.78, 5) is 14.6. The number of hydrogen-bond acceptors (Lipinski definition) is 4. The molecule has 1 aliphatic rings. The molecule has 1 aliphatic heterocycles. The molecule has 0 unspecified atom stereocenters. The monoisotopic (exact) mass is 340 g/mol. The molecule has 0 aromatic heterocycles. The first-order valence-corrected chi connectivity index (χ1v) is 8.61. The molecule has 5 nitrogen and oxygen atoms in total. The van der Waals surface area contributed by atoms with Crippen LogP contribution in [0.25, 0.3) is 0 Å². The number of methoxy groups -OCH3 is 1. The number of rotatable bonds is 6. The molecule has 0 atom stereocenters.